The zero-order valence-corrected chi connectivity index (χ0v) is 12.2. The van der Waals surface area contributed by atoms with Crippen LogP contribution in [-0.4, -0.2) is 17.9 Å². The second-order valence-electron chi connectivity index (χ2n) is 4.44. The topological polar surface area (TPSA) is 54.0 Å². The molecule has 2 N–H and O–H groups in total. The fourth-order valence-electron chi connectivity index (χ4n) is 1.75. The Bertz CT molecular complexity index is 611. The van der Waals surface area contributed by atoms with Gasteiger partial charge in [-0.3, -0.25) is 9.78 Å². The fraction of sp³-hybridized carbons (Fsp3) is 0.200. The molecule has 0 saturated carbocycles. The van der Waals surface area contributed by atoms with E-state index in [4.69, 9.17) is 11.6 Å². The molecule has 5 heteroatoms. The Morgan fingerprint density at radius 3 is 2.75 bits per heavy atom. The maximum atomic E-state index is 11.7. The van der Waals surface area contributed by atoms with E-state index < -0.39 is 0 Å². The zero-order chi connectivity index (χ0) is 14.5. The Balaban J connectivity index is 2.10. The summed E-state index contributed by atoms with van der Waals surface area (Å²) in [6.07, 6.45) is 1.83. The Morgan fingerprint density at radius 2 is 2.10 bits per heavy atom. The van der Waals surface area contributed by atoms with Gasteiger partial charge in [0, 0.05) is 31.2 Å². The maximum Gasteiger partial charge on any atom is 0.252 e. The van der Waals surface area contributed by atoms with Crippen LogP contribution in [0.25, 0.3) is 0 Å². The molecule has 0 fully saturated rings. The third-order valence-corrected chi connectivity index (χ3v) is 3.24. The predicted molar refractivity (Wildman–Crippen MR) is 81.1 cm³/mol. The van der Waals surface area contributed by atoms with Gasteiger partial charge in [0.2, 0.25) is 0 Å². The number of anilines is 1. The van der Waals surface area contributed by atoms with Crippen molar-refractivity contribution in [3.63, 3.8) is 0 Å². The average Bonchev–Trinajstić information content (AvgIpc) is 2.47. The number of carbonyl (C=O) groups is 1. The van der Waals surface area contributed by atoms with Crippen LogP contribution in [0.1, 0.15) is 21.6 Å². The van der Waals surface area contributed by atoms with Gasteiger partial charge in [-0.2, -0.15) is 0 Å². The molecule has 0 aliphatic rings. The first kappa shape index (κ1) is 14.3. The molecular formula is C15H16ClN3O. The quantitative estimate of drug-likeness (QED) is 0.910. The van der Waals surface area contributed by atoms with Gasteiger partial charge in [0.1, 0.15) is 0 Å². The summed E-state index contributed by atoms with van der Waals surface area (Å²) in [5.41, 5.74) is 3.36. The van der Waals surface area contributed by atoms with Gasteiger partial charge in [0.15, 0.2) is 0 Å². The minimum atomic E-state index is -0.198. The average molecular weight is 290 g/mol. The molecule has 1 amide bonds. The summed E-state index contributed by atoms with van der Waals surface area (Å²) in [4.78, 5) is 15.9. The van der Waals surface area contributed by atoms with Gasteiger partial charge in [0.05, 0.1) is 10.6 Å². The standard InChI is InChI=1S/C15H16ClN3O/c1-10-3-4-11(8-18-10)9-19-12-5-6-14(16)13(7-12)15(20)17-2/h3-8,19H,9H2,1-2H3,(H,17,20). The molecule has 0 saturated heterocycles. The molecule has 0 unspecified atom stereocenters. The smallest absolute Gasteiger partial charge is 0.252 e. The minimum absolute atomic E-state index is 0.198. The normalized spacial score (nSPS) is 10.2. The van der Waals surface area contributed by atoms with Crippen molar-refractivity contribution in [2.75, 3.05) is 12.4 Å². The summed E-state index contributed by atoms with van der Waals surface area (Å²) in [5.74, 6) is -0.198. The van der Waals surface area contributed by atoms with E-state index in [0.29, 0.717) is 17.1 Å². The summed E-state index contributed by atoms with van der Waals surface area (Å²) >= 11 is 6.01. The fourth-order valence-corrected chi connectivity index (χ4v) is 1.95. The van der Waals surface area contributed by atoms with Crippen molar-refractivity contribution >= 4 is 23.2 Å². The first-order valence-electron chi connectivity index (χ1n) is 6.27. The molecule has 0 spiro atoms. The van der Waals surface area contributed by atoms with Crippen molar-refractivity contribution in [2.24, 2.45) is 0 Å². The largest absolute Gasteiger partial charge is 0.381 e. The second-order valence-corrected chi connectivity index (χ2v) is 4.84. The van der Waals surface area contributed by atoms with E-state index in [-0.39, 0.29) is 5.91 Å². The SMILES string of the molecule is CNC(=O)c1cc(NCc2ccc(C)nc2)ccc1Cl. The molecule has 0 aliphatic carbocycles. The van der Waals surface area contributed by atoms with Crippen LogP contribution in [0.5, 0.6) is 0 Å². The molecule has 0 radical (unpaired) electrons. The molecule has 2 rings (SSSR count). The van der Waals surface area contributed by atoms with Gasteiger partial charge in [-0.05, 0) is 36.8 Å². The number of hydrogen-bond acceptors (Lipinski definition) is 3. The molecule has 20 heavy (non-hydrogen) atoms. The number of halogens is 1. The van der Waals surface area contributed by atoms with E-state index in [1.807, 2.05) is 31.3 Å². The molecule has 1 aromatic heterocycles. The van der Waals surface area contributed by atoms with Gasteiger partial charge in [-0.1, -0.05) is 17.7 Å². The third kappa shape index (κ3) is 3.48. The number of aromatic nitrogens is 1. The molecule has 1 aromatic carbocycles. The molecule has 0 bridgehead atoms. The second kappa shape index (κ2) is 6.39. The number of rotatable bonds is 4. The van der Waals surface area contributed by atoms with E-state index in [0.717, 1.165) is 16.9 Å². The van der Waals surface area contributed by atoms with Crippen LogP contribution in [0.3, 0.4) is 0 Å². The predicted octanol–water partition coefficient (Wildman–Crippen LogP) is 3.02. The lowest BCUT2D eigenvalue weighted by atomic mass is 10.1. The van der Waals surface area contributed by atoms with E-state index in [9.17, 15) is 4.79 Å². The Labute approximate surface area is 123 Å². The molecule has 0 aliphatic heterocycles. The van der Waals surface area contributed by atoms with Crippen LogP contribution >= 0.6 is 11.6 Å². The third-order valence-electron chi connectivity index (χ3n) is 2.91. The molecule has 4 nitrogen and oxygen atoms in total. The maximum absolute atomic E-state index is 11.7. The highest BCUT2D eigenvalue weighted by Gasteiger charge is 2.09. The van der Waals surface area contributed by atoms with Crippen LogP contribution < -0.4 is 10.6 Å². The number of benzene rings is 1. The molecule has 0 atom stereocenters. The van der Waals surface area contributed by atoms with Crippen molar-refractivity contribution in [3.8, 4) is 0 Å². The number of pyridine rings is 1. The number of carbonyl (C=O) groups excluding carboxylic acids is 1. The zero-order valence-electron chi connectivity index (χ0n) is 11.4. The Morgan fingerprint density at radius 1 is 1.30 bits per heavy atom. The Kier molecular flexibility index (Phi) is 4.58. The highest BCUT2D eigenvalue weighted by molar-refractivity contribution is 6.34. The number of aryl methyl sites for hydroxylation is 1. The monoisotopic (exact) mass is 289 g/mol. The summed E-state index contributed by atoms with van der Waals surface area (Å²) in [6.45, 7) is 2.59. The minimum Gasteiger partial charge on any atom is -0.381 e. The summed E-state index contributed by atoms with van der Waals surface area (Å²) in [6, 6.07) is 9.28. The highest BCUT2D eigenvalue weighted by atomic mass is 35.5. The first-order chi connectivity index (χ1) is 9.60. The Hall–Kier alpha value is -2.07. The number of nitrogens with zero attached hydrogens (tertiary/aromatic N) is 1. The van der Waals surface area contributed by atoms with E-state index in [1.165, 1.54) is 0 Å². The van der Waals surface area contributed by atoms with Crippen molar-refractivity contribution in [1.29, 1.82) is 0 Å². The number of hydrogen-bond donors (Lipinski definition) is 2. The molecular weight excluding hydrogens is 274 g/mol. The lowest BCUT2D eigenvalue weighted by molar-refractivity contribution is 0.0963. The van der Waals surface area contributed by atoms with Crippen molar-refractivity contribution in [1.82, 2.24) is 10.3 Å². The highest BCUT2D eigenvalue weighted by Crippen LogP contribution is 2.21. The lowest BCUT2D eigenvalue weighted by Crippen LogP contribution is -2.18. The van der Waals surface area contributed by atoms with Crippen LogP contribution in [0, 0.1) is 6.92 Å². The lowest BCUT2D eigenvalue weighted by Gasteiger charge is -2.09. The van der Waals surface area contributed by atoms with Gasteiger partial charge < -0.3 is 10.6 Å². The van der Waals surface area contributed by atoms with E-state index in [2.05, 4.69) is 15.6 Å². The van der Waals surface area contributed by atoms with Crippen LogP contribution in [0.15, 0.2) is 36.5 Å². The van der Waals surface area contributed by atoms with Crippen LogP contribution in [0.4, 0.5) is 5.69 Å². The summed E-state index contributed by atoms with van der Waals surface area (Å²) < 4.78 is 0. The summed E-state index contributed by atoms with van der Waals surface area (Å²) in [5, 5.41) is 6.25. The number of amides is 1. The van der Waals surface area contributed by atoms with E-state index in [1.54, 1.807) is 19.2 Å². The summed E-state index contributed by atoms with van der Waals surface area (Å²) in [7, 11) is 1.58. The van der Waals surface area contributed by atoms with Crippen molar-refractivity contribution in [3.05, 3.63) is 58.4 Å². The molecule has 1 heterocycles. The van der Waals surface area contributed by atoms with Crippen molar-refractivity contribution < 1.29 is 4.79 Å². The van der Waals surface area contributed by atoms with E-state index >= 15 is 0 Å². The first-order valence-corrected chi connectivity index (χ1v) is 6.65. The van der Waals surface area contributed by atoms with Crippen LogP contribution in [0.2, 0.25) is 5.02 Å². The molecule has 104 valence electrons. The van der Waals surface area contributed by atoms with Crippen molar-refractivity contribution in [2.45, 2.75) is 13.5 Å². The van der Waals surface area contributed by atoms with Crippen LogP contribution in [-0.2, 0) is 6.54 Å². The number of nitrogens with one attached hydrogen (secondary N) is 2. The van der Waals surface area contributed by atoms with Gasteiger partial charge in [-0.25, -0.2) is 0 Å². The van der Waals surface area contributed by atoms with Gasteiger partial charge >= 0.3 is 0 Å². The van der Waals surface area contributed by atoms with Gasteiger partial charge in [-0.15, -0.1) is 0 Å². The van der Waals surface area contributed by atoms with Gasteiger partial charge in [0.25, 0.3) is 5.91 Å². The molecule has 2 aromatic rings.